The van der Waals surface area contributed by atoms with Gasteiger partial charge in [0.1, 0.15) is 17.3 Å². The van der Waals surface area contributed by atoms with Gasteiger partial charge >= 0.3 is 0 Å². The van der Waals surface area contributed by atoms with Crippen LogP contribution in [0, 0.1) is 0 Å². The van der Waals surface area contributed by atoms with Gasteiger partial charge < -0.3 is 24.1 Å². The van der Waals surface area contributed by atoms with E-state index in [0.29, 0.717) is 33.9 Å². The van der Waals surface area contributed by atoms with Crippen molar-refractivity contribution in [3.63, 3.8) is 0 Å². The molecule has 1 fully saturated rings. The van der Waals surface area contributed by atoms with Crippen LogP contribution in [0.2, 0.25) is 5.02 Å². The summed E-state index contributed by atoms with van der Waals surface area (Å²) in [5, 5.41) is 12.6. The third-order valence-electron chi connectivity index (χ3n) is 4.75. The fourth-order valence-corrected chi connectivity index (χ4v) is 4.26. The first-order chi connectivity index (χ1) is 14.4. The lowest BCUT2D eigenvalue weighted by Gasteiger charge is -2.16. The summed E-state index contributed by atoms with van der Waals surface area (Å²) in [5.41, 5.74) is 0.494. The molecule has 10 heteroatoms. The fourth-order valence-electron chi connectivity index (χ4n) is 3.27. The van der Waals surface area contributed by atoms with E-state index in [1.807, 2.05) is 0 Å². The van der Waals surface area contributed by atoms with Crippen molar-refractivity contribution in [3.8, 4) is 11.5 Å². The second-order valence-electron chi connectivity index (χ2n) is 7.26. The van der Waals surface area contributed by atoms with Crippen molar-refractivity contribution in [2.45, 2.75) is 50.4 Å². The van der Waals surface area contributed by atoms with E-state index >= 15 is 0 Å². The van der Waals surface area contributed by atoms with Crippen LogP contribution < -0.4 is 14.8 Å². The van der Waals surface area contributed by atoms with Gasteiger partial charge in [-0.15, -0.1) is 10.2 Å². The highest BCUT2D eigenvalue weighted by molar-refractivity contribution is 7.99. The summed E-state index contributed by atoms with van der Waals surface area (Å²) in [4.78, 5) is 12.6. The molecule has 1 amide bonds. The van der Waals surface area contributed by atoms with Crippen molar-refractivity contribution >= 4 is 35.0 Å². The molecule has 1 aliphatic rings. The Bertz CT molecular complexity index is 884. The Hall–Kier alpha value is -1.97. The predicted octanol–water partition coefficient (Wildman–Crippen LogP) is 3.98. The quantitative estimate of drug-likeness (QED) is 0.573. The van der Waals surface area contributed by atoms with E-state index in [1.54, 1.807) is 12.1 Å². The Morgan fingerprint density at radius 1 is 1.33 bits per heavy atom. The fraction of sp³-hybridized carbons (Fsp3) is 0.550. The van der Waals surface area contributed by atoms with Gasteiger partial charge in [0, 0.05) is 24.7 Å². The Kier molecular flexibility index (Phi) is 7.85. The number of amides is 1. The lowest BCUT2D eigenvalue weighted by Crippen LogP contribution is -2.19. The van der Waals surface area contributed by atoms with E-state index in [0.717, 1.165) is 25.3 Å². The van der Waals surface area contributed by atoms with Gasteiger partial charge in [0.25, 0.3) is 0 Å². The standard InChI is InChI=1S/C20H27ClN4O4S/c1-12(2)19-23-24-20(25(19)10-13-6-5-7-29-13)30-11-18(26)22-15-9-16(27-3)14(21)8-17(15)28-4/h8-9,12-13H,5-7,10-11H2,1-4H3,(H,22,26). The van der Waals surface area contributed by atoms with Crippen LogP contribution in [0.5, 0.6) is 11.5 Å². The summed E-state index contributed by atoms with van der Waals surface area (Å²) in [6.45, 7) is 5.66. The normalized spacial score (nSPS) is 16.1. The molecule has 0 saturated carbocycles. The van der Waals surface area contributed by atoms with Gasteiger partial charge in [-0.05, 0) is 12.8 Å². The van der Waals surface area contributed by atoms with Crippen molar-refractivity contribution in [1.29, 1.82) is 0 Å². The summed E-state index contributed by atoms with van der Waals surface area (Å²) >= 11 is 7.47. The van der Waals surface area contributed by atoms with Crippen LogP contribution in [-0.4, -0.2) is 53.4 Å². The first kappa shape index (κ1) is 22.7. The maximum Gasteiger partial charge on any atom is 0.234 e. The largest absolute Gasteiger partial charge is 0.495 e. The molecule has 3 rings (SSSR count). The number of anilines is 1. The van der Waals surface area contributed by atoms with Crippen molar-refractivity contribution in [2.75, 3.05) is 31.9 Å². The molecule has 1 N–H and O–H groups in total. The SMILES string of the molecule is COc1cc(NC(=O)CSc2nnc(C(C)C)n2CC2CCCO2)c(OC)cc1Cl. The molecule has 1 atom stereocenters. The summed E-state index contributed by atoms with van der Waals surface area (Å²) in [6, 6.07) is 3.25. The monoisotopic (exact) mass is 454 g/mol. The third kappa shape index (κ3) is 5.39. The van der Waals surface area contributed by atoms with Crippen LogP contribution >= 0.6 is 23.4 Å². The molecule has 2 heterocycles. The average molecular weight is 455 g/mol. The van der Waals surface area contributed by atoms with Crippen LogP contribution in [0.3, 0.4) is 0 Å². The van der Waals surface area contributed by atoms with Gasteiger partial charge in [0.15, 0.2) is 5.16 Å². The molecule has 2 aromatic rings. The van der Waals surface area contributed by atoms with Gasteiger partial charge in [-0.1, -0.05) is 37.2 Å². The Morgan fingerprint density at radius 3 is 2.73 bits per heavy atom. The van der Waals surface area contributed by atoms with Crippen LogP contribution in [0.25, 0.3) is 0 Å². The first-order valence-electron chi connectivity index (χ1n) is 9.81. The second-order valence-corrected chi connectivity index (χ2v) is 8.61. The molecular weight excluding hydrogens is 428 g/mol. The van der Waals surface area contributed by atoms with Gasteiger partial charge in [0.05, 0.1) is 43.3 Å². The van der Waals surface area contributed by atoms with Crippen molar-refractivity contribution in [3.05, 3.63) is 23.0 Å². The van der Waals surface area contributed by atoms with Gasteiger partial charge in [0.2, 0.25) is 5.91 Å². The zero-order valence-corrected chi connectivity index (χ0v) is 19.2. The Balaban J connectivity index is 1.69. The molecule has 1 aromatic carbocycles. The number of ether oxygens (including phenoxy) is 3. The Morgan fingerprint density at radius 2 is 2.10 bits per heavy atom. The van der Waals surface area contributed by atoms with E-state index in [1.165, 1.54) is 26.0 Å². The molecule has 1 aliphatic heterocycles. The molecule has 1 saturated heterocycles. The minimum absolute atomic E-state index is 0.164. The molecule has 8 nitrogen and oxygen atoms in total. The molecule has 164 valence electrons. The first-order valence-corrected chi connectivity index (χ1v) is 11.2. The molecule has 1 aromatic heterocycles. The molecule has 30 heavy (non-hydrogen) atoms. The van der Waals surface area contributed by atoms with Crippen LogP contribution in [0.15, 0.2) is 17.3 Å². The van der Waals surface area contributed by atoms with E-state index in [9.17, 15) is 4.79 Å². The molecule has 0 bridgehead atoms. The number of hydrogen-bond acceptors (Lipinski definition) is 7. The number of nitrogens with one attached hydrogen (secondary N) is 1. The lowest BCUT2D eigenvalue weighted by molar-refractivity contribution is -0.113. The highest BCUT2D eigenvalue weighted by atomic mass is 35.5. The maximum absolute atomic E-state index is 12.6. The predicted molar refractivity (Wildman–Crippen MR) is 117 cm³/mol. The third-order valence-corrected chi connectivity index (χ3v) is 6.01. The number of aromatic nitrogens is 3. The van der Waals surface area contributed by atoms with E-state index in [-0.39, 0.29) is 23.7 Å². The molecule has 0 spiro atoms. The van der Waals surface area contributed by atoms with Crippen molar-refractivity contribution in [1.82, 2.24) is 14.8 Å². The number of nitrogens with zero attached hydrogens (tertiary/aromatic N) is 3. The summed E-state index contributed by atoms with van der Waals surface area (Å²) in [7, 11) is 3.03. The van der Waals surface area contributed by atoms with E-state index in [2.05, 4.69) is 33.9 Å². The maximum atomic E-state index is 12.6. The second kappa shape index (κ2) is 10.4. The molecular formula is C20H27ClN4O4S. The van der Waals surface area contributed by atoms with Gasteiger partial charge in [-0.25, -0.2) is 0 Å². The minimum Gasteiger partial charge on any atom is -0.495 e. The van der Waals surface area contributed by atoms with Crippen LogP contribution in [0.1, 0.15) is 38.4 Å². The lowest BCUT2D eigenvalue weighted by atomic mass is 10.2. The number of benzene rings is 1. The molecule has 1 unspecified atom stereocenters. The number of methoxy groups -OCH3 is 2. The van der Waals surface area contributed by atoms with Crippen LogP contribution in [0.4, 0.5) is 5.69 Å². The number of halogens is 1. The number of carbonyl (C=O) groups excluding carboxylic acids is 1. The summed E-state index contributed by atoms with van der Waals surface area (Å²) in [5.74, 6) is 2.03. The average Bonchev–Trinajstić information content (AvgIpc) is 3.37. The zero-order chi connectivity index (χ0) is 21.7. The van der Waals surface area contributed by atoms with Gasteiger partial charge in [-0.3, -0.25) is 4.79 Å². The van der Waals surface area contributed by atoms with Crippen molar-refractivity contribution < 1.29 is 19.0 Å². The number of thioether (sulfide) groups is 1. The Labute approximate surface area is 185 Å². The molecule has 0 radical (unpaired) electrons. The number of rotatable bonds is 9. The minimum atomic E-state index is -0.194. The van der Waals surface area contributed by atoms with Crippen molar-refractivity contribution in [2.24, 2.45) is 0 Å². The summed E-state index contributed by atoms with van der Waals surface area (Å²) < 4.78 is 18.4. The highest BCUT2D eigenvalue weighted by Gasteiger charge is 2.23. The highest BCUT2D eigenvalue weighted by Crippen LogP contribution is 2.36. The smallest absolute Gasteiger partial charge is 0.234 e. The number of carbonyl (C=O) groups is 1. The topological polar surface area (TPSA) is 87.5 Å². The molecule has 0 aliphatic carbocycles. The van der Waals surface area contributed by atoms with E-state index in [4.69, 9.17) is 25.8 Å². The van der Waals surface area contributed by atoms with E-state index < -0.39 is 0 Å². The summed E-state index contributed by atoms with van der Waals surface area (Å²) in [6.07, 6.45) is 2.26. The number of hydrogen-bond donors (Lipinski definition) is 1. The van der Waals surface area contributed by atoms with Crippen LogP contribution in [-0.2, 0) is 16.1 Å². The van der Waals surface area contributed by atoms with Gasteiger partial charge in [-0.2, -0.15) is 0 Å². The zero-order valence-electron chi connectivity index (χ0n) is 17.6.